The van der Waals surface area contributed by atoms with Crippen molar-refractivity contribution < 1.29 is 19.4 Å². The zero-order chi connectivity index (χ0) is 14.1. The molecule has 1 heterocycles. The van der Waals surface area contributed by atoms with E-state index in [4.69, 9.17) is 9.84 Å². The van der Waals surface area contributed by atoms with Gasteiger partial charge in [-0.3, -0.25) is 9.59 Å². The summed E-state index contributed by atoms with van der Waals surface area (Å²) in [6, 6.07) is 3.37. The van der Waals surface area contributed by atoms with E-state index in [1.165, 1.54) is 11.3 Å². The van der Waals surface area contributed by atoms with Crippen molar-refractivity contribution in [1.29, 1.82) is 0 Å². The summed E-state index contributed by atoms with van der Waals surface area (Å²) >= 11 is 1.24. The lowest BCUT2D eigenvalue weighted by atomic mass is 10.4. The molecule has 0 aliphatic carbocycles. The molecule has 0 bridgehead atoms. The van der Waals surface area contributed by atoms with Crippen LogP contribution in [0.5, 0.6) is 0 Å². The van der Waals surface area contributed by atoms with Crippen molar-refractivity contribution in [3.05, 3.63) is 21.9 Å². The summed E-state index contributed by atoms with van der Waals surface area (Å²) < 4.78 is 4.75. The second-order valence-corrected chi connectivity index (χ2v) is 4.52. The van der Waals surface area contributed by atoms with Crippen molar-refractivity contribution in [2.45, 2.75) is 13.3 Å². The summed E-state index contributed by atoms with van der Waals surface area (Å²) in [6.07, 6.45) is 0.155. The Hall–Kier alpha value is -1.84. The molecule has 0 aromatic carbocycles. The van der Waals surface area contributed by atoms with Crippen LogP contribution in [0.2, 0.25) is 0 Å². The van der Waals surface area contributed by atoms with Crippen molar-refractivity contribution >= 4 is 23.2 Å². The van der Waals surface area contributed by atoms with Crippen LogP contribution in [-0.4, -0.2) is 36.7 Å². The molecule has 0 saturated carbocycles. The van der Waals surface area contributed by atoms with Gasteiger partial charge in [0.05, 0.1) is 22.8 Å². The highest BCUT2D eigenvalue weighted by Gasteiger charge is 2.09. The lowest BCUT2D eigenvalue weighted by molar-refractivity contribution is -0.142. The highest BCUT2D eigenvalue weighted by atomic mass is 32.1. The molecule has 5 nitrogen and oxygen atoms in total. The van der Waals surface area contributed by atoms with E-state index in [0.717, 1.165) is 0 Å². The first kappa shape index (κ1) is 15.2. The number of hydrogen-bond acceptors (Lipinski definition) is 5. The Morgan fingerprint density at radius 2 is 2.26 bits per heavy atom. The third kappa shape index (κ3) is 5.55. The lowest BCUT2D eigenvalue weighted by Crippen LogP contribution is -2.25. The topological polar surface area (TPSA) is 75.6 Å². The number of ether oxygens (including phenoxy) is 1. The van der Waals surface area contributed by atoms with Crippen LogP contribution in [-0.2, 0) is 9.53 Å². The Labute approximate surface area is 115 Å². The van der Waals surface area contributed by atoms with E-state index in [2.05, 4.69) is 17.2 Å². The zero-order valence-corrected chi connectivity index (χ0v) is 11.4. The van der Waals surface area contributed by atoms with Crippen LogP contribution in [0, 0.1) is 11.8 Å². The molecule has 0 unspecified atom stereocenters. The molecule has 1 aromatic heterocycles. The first-order valence-corrected chi connectivity index (χ1v) is 6.62. The number of carbonyl (C=O) groups is 2. The molecule has 102 valence electrons. The van der Waals surface area contributed by atoms with Crippen molar-refractivity contribution in [3.8, 4) is 11.8 Å². The largest absolute Gasteiger partial charge is 0.466 e. The van der Waals surface area contributed by atoms with Gasteiger partial charge in [0.1, 0.15) is 6.61 Å². The average Bonchev–Trinajstić information content (AvgIpc) is 2.85. The molecule has 6 heteroatoms. The molecule has 0 radical (unpaired) electrons. The Bertz CT molecular complexity index is 498. The van der Waals surface area contributed by atoms with E-state index in [1.807, 2.05) is 0 Å². The quantitative estimate of drug-likeness (QED) is 0.617. The van der Waals surface area contributed by atoms with E-state index in [1.54, 1.807) is 19.1 Å². The van der Waals surface area contributed by atoms with Crippen molar-refractivity contribution in [3.63, 3.8) is 0 Å². The fraction of sp³-hybridized carbons (Fsp3) is 0.385. The van der Waals surface area contributed by atoms with Crippen LogP contribution in [0.25, 0.3) is 0 Å². The van der Waals surface area contributed by atoms with Gasteiger partial charge in [0.15, 0.2) is 0 Å². The lowest BCUT2D eigenvalue weighted by Gasteiger charge is -2.03. The normalized spacial score (nSPS) is 9.37. The number of aliphatic hydroxyl groups is 1. The van der Waals surface area contributed by atoms with Gasteiger partial charge in [0.25, 0.3) is 5.91 Å². The van der Waals surface area contributed by atoms with Gasteiger partial charge in [0, 0.05) is 6.54 Å². The fourth-order valence-corrected chi connectivity index (χ4v) is 2.05. The molecule has 1 amide bonds. The number of thiophene rings is 1. The first-order valence-electron chi connectivity index (χ1n) is 5.80. The van der Waals surface area contributed by atoms with E-state index in [9.17, 15) is 9.59 Å². The highest BCUT2D eigenvalue weighted by Crippen LogP contribution is 2.15. The van der Waals surface area contributed by atoms with Gasteiger partial charge in [0.2, 0.25) is 0 Å². The maximum atomic E-state index is 11.7. The van der Waals surface area contributed by atoms with E-state index >= 15 is 0 Å². The number of aliphatic hydroxyl groups excluding tert-OH is 1. The van der Waals surface area contributed by atoms with Gasteiger partial charge in [-0.1, -0.05) is 11.8 Å². The molecule has 1 aromatic rings. The zero-order valence-electron chi connectivity index (χ0n) is 10.6. The molecule has 0 aliphatic heterocycles. The summed E-state index contributed by atoms with van der Waals surface area (Å²) in [7, 11) is 0. The number of amides is 1. The van der Waals surface area contributed by atoms with Gasteiger partial charge >= 0.3 is 5.97 Å². The summed E-state index contributed by atoms with van der Waals surface area (Å²) in [5.41, 5.74) is 0. The minimum Gasteiger partial charge on any atom is -0.466 e. The number of carbonyl (C=O) groups excluding carboxylic acids is 2. The van der Waals surface area contributed by atoms with Crippen molar-refractivity contribution in [1.82, 2.24) is 5.32 Å². The van der Waals surface area contributed by atoms with Gasteiger partial charge in [-0.2, -0.15) is 0 Å². The Balaban J connectivity index is 2.41. The average molecular weight is 281 g/mol. The van der Waals surface area contributed by atoms with Crippen LogP contribution in [0.1, 0.15) is 27.9 Å². The summed E-state index contributed by atoms with van der Waals surface area (Å²) in [5, 5.41) is 11.2. The molecule has 0 fully saturated rings. The molecule has 0 atom stereocenters. The summed E-state index contributed by atoms with van der Waals surface area (Å²) in [4.78, 5) is 24.0. The molecular formula is C13H15NO4S. The monoisotopic (exact) mass is 281 g/mol. The fourth-order valence-electron chi connectivity index (χ4n) is 1.25. The van der Waals surface area contributed by atoms with Crippen LogP contribution in [0.4, 0.5) is 0 Å². The predicted molar refractivity (Wildman–Crippen MR) is 71.9 cm³/mol. The Kier molecular flexibility index (Phi) is 6.64. The number of esters is 1. The van der Waals surface area contributed by atoms with E-state index < -0.39 is 0 Å². The van der Waals surface area contributed by atoms with Crippen LogP contribution in [0.15, 0.2) is 12.1 Å². The molecule has 19 heavy (non-hydrogen) atoms. The van der Waals surface area contributed by atoms with E-state index in [0.29, 0.717) is 16.4 Å². The minimum atomic E-state index is -0.330. The summed E-state index contributed by atoms with van der Waals surface area (Å²) in [5.74, 6) is 4.66. The third-order valence-electron chi connectivity index (χ3n) is 2.04. The standard InChI is InChI=1S/C13H15NO4S/c1-2-18-12(16)7-8-14-13(17)11-6-5-10(19-11)4-3-9-15/h5-6,15H,2,7-9H2,1H3,(H,14,17). The number of nitrogens with one attached hydrogen (secondary N) is 1. The van der Waals surface area contributed by atoms with Crippen LogP contribution in [0.3, 0.4) is 0 Å². The molecule has 0 saturated heterocycles. The third-order valence-corrected chi connectivity index (χ3v) is 3.04. The summed E-state index contributed by atoms with van der Waals surface area (Å²) in [6.45, 7) is 2.11. The number of hydrogen-bond donors (Lipinski definition) is 2. The maximum absolute atomic E-state index is 11.7. The van der Waals surface area contributed by atoms with E-state index in [-0.39, 0.29) is 31.4 Å². The maximum Gasteiger partial charge on any atom is 0.307 e. The first-order chi connectivity index (χ1) is 9.17. The molecule has 1 rings (SSSR count). The molecular weight excluding hydrogens is 266 g/mol. The smallest absolute Gasteiger partial charge is 0.307 e. The Morgan fingerprint density at radius 3 is 2.95 bits per heavy atom. The second-order valence-electron chi connectivity index (χ2n) is 3.43. The van der Waals surface area contributed by atoms with Crippen LogP contribution < -0.4 is 5.32 Å². The van der Waals surface area contributed by atoms with Gasteiger partial charge < -0.3 is 15.2 Å². The van der Waals surface area contributed by atoms with Crippen molar-refractivity contribution in [2.75, 3.05) is 19.8 Å². The highest BCUT2D eigenvalue weighted by molar-refractivity contribution is 7.14. The van der Waals surface area contributed by atoms with Crippen LogP contribution >= 0.6 is 11.3 Å². The Morgan fingerprint density at radius 1 is 1.47 bits per heavy atom. The van der Waals surface area contributed by atoms with Gasteiger partial charge in [-0.05, 0) is 19.1 Å². The second kappa shape index (κ2) is 8.29. The molecule has 0 spiro atoms. The number of rotatable bonds is 5. The molecule has 0 aliphatic rings. The minimum absolute atomic E-state index is 0.155. The van der Waals surface area contributed by atoms with Gasteiger partial charge in [-0.15, -0.1) is 11.3 Å². The van der Waals surface area contributed by atoms with Crippen molar-refractivity contribution in [2.24, 2.45) is 0 Å². The predicted octanol–water partition coefficient (Wildman–Crippen LogP) is 0.775. The molecule has 2 N–H and O–H groups in total. The SMILES string of the molecule is CCOC(=O)CCNC(=O)c1ccc(C#CCO)s1. The van der Waals surface area contributed by atoms with Gasteiger partial charge in [-0.25, -0.2) is 0 Å².